The van der Waals surface area contributed by atoms with Crippen LogP contribution in [0.3, 0.4) is 0 Å². The van der Waals surface area contributed by atoms with Crippen LogP contribution in [-0.2, 0) is 0 Å². The van der Waals surface area contributed by atoms with Crippen LogP contribution in [-0.4, -0.2) is 16.7 Å². The fourth-order valence-electron chi connectivity index (χ4n) is 2.17. The SMILES string of the molecule is Cc1cc(C(O)C(NC(C)(C)C)C(C)C)ccc1Cl. The first-order chi connectivity index (χ1) is 8.61. The molecular weight excluding hydrogens is 258 g/mol. The van der Waals surface area contributed by atoms with Crippen molar-refractivity contribution in [2.45, 2.75) is 59.2 Å². The summed E-state index contributed by atoms with van der Waals surface area (Å²) < 4.78 is 0. The highest BCUT2D eigenvalue weighted by Crippen LogP contribution is 2.26. The number of benzene rings is 1. The van der Waals surface area contributed by atoms with E-state index in [0.29, 0.717) is 5.92 Å². The molecule has 1 aromatic carbocycles. The number of hydrogen-bond donors (Lipinski definition) is 2. The van der Waals surface area contributed by atoms with E-state index in [0.717, 1.165) is 16.1 Å². The Morgan fingerprint density at radius 1 is 1.21 bits per heavy atom. The number of rotatable bonds is 4. The molecule has 3 heteroatoms. The van der Waals surface area contributed by atoms with Gasteiger partial charge in [-0.25, -0.2) is 0 Å². The summed E-state index contributed by atoms with van der Waals surface area (Å²) in [5.41, 5.74) is 1.88. The summed E-state index contributed by atoms with van der Waals surface area (Å²) in [7, 11) is 0. The molecule has 0 aliphatic carbocycles. The second-order valence-corrected chi connectivity index (χ2v) is 7.02. The fraction of sp³-hybridized carbons (Fsp3) is 0.625. The summed E-state index contributed by atoms with van der Waals surface area (Å²) in [6.07, 6.45) is -0.532. The van der Waals surface area contributed by atoms with E-state index in [1.807, 2.05) is 25.1 Å². The van der Waals surface area contributed by atoms with E-state index in [2.05, 4.69) is 39.9 Å². The molecule has 2 unspecified atom stereocenters. The Bertz CT molecular complexity index is 423. The highest BCUT2D eigenvalue weighted by Gasteiger charge is 2.27. The minimum atomic E-state index is -0.532. The van der Waals surface area contributed by atoms with Crippen LogP contribution in [0.2, 0.25) is 5.02 Å². The topological polar surface area (TPSA) is 32.3 Å². The van der Waals surface area contributed by atoms with E-state index in [1.54, 1.807) is 0 Å². The molecule has 19 heavy (non-hydrogen) atoms. The van der Waals surface area contributed by atoms with Crippen molar-refractivity contribution in [1.29, 1.82) is 0 Å². The van der Waals surface area contributed by atoms with Crippen molar-refractivity contribution in [3.63, 3.8) is 0 Å². The number of nitrogens with one attached hydrogen (secondary N) is 1. The normalized spacial score (nSPS) is 15.6. The zero-order valence-electron chi connectivity index (χ0n) is 12.8. The second kappa shape index (κ2) is 6.25. The van der Waals surface area contributed by atoms with Crippen LogP contribution >= 0.6 is 11.6 Å². The van der Waals surface area contributed by atoms with E-state index in [-0.39, 0.29) is 11.6 Å². The van der Waals surface area contributed by atoms with Crippen LogP contribution in [0.15, 0.2) is 18.2 Å². The van der Waals surface area contributed by atoms with Crippen molar-refractivity contribution in [2.24, 2.45) is 5.92 Å². The van der Waals surface area contributed by atoms with Gasteiger partial charge in [-0.1, -0.05) is 37.6 Å². The summed E-state index contributed by atoms with van der Waals surface area (Å²) in [5, 5.41) is 14.9. The van der Waals surface area contributed by atoms with Crippen molar-refractivity contribution in [3.05, 3.63) is 34.3 Å². The minimum absolute atomic E-state index is 0.0144. The molecule has 1 aromatic rings. The number of hydrogen-bond acceptors (Lipinski definition) is 2. The predicted octanol–water partition coefficient (Wildman–Crippen LogP) is 4.09. The maximum absolute atomic E-state index is 10.6. The summed E-state index contributed by atoms with van der Waals surface area (Å²) in [6.45, 7) is 12.5. The van der Waals surface area contributed by atoms with Gasteiger partial charge in [0, 0.05) is 16.6 Å². The average Bonchev–Trinajstić information content (AvgIpc) is 2.27. The number of aliphatic hydroxyl groups is 1. The molecule has 2 N–H and O–H groups in total. The minimum Gasteiger partial charge on any atom is -0.387 e. The Kier molecular flexibility index (Phi) is 5.43. The molecule has 1 rings (SSSR count). The van der Waals surface area contributed by atoms with Gasteiger partial charge in [-0.2, -0.15) is 0 Å². The van der Waals surface area contributed by atoms with Gasteiger partial charge in [0.05, 0.1) is 6.10 Å². The van der Waals surface area contributed by atoms with Crippen molar-refractivity contribution >= 4 is 11.6 Å². The Labute approximate surface area is 122 Å². The first kappa shape index (κ1) is 16.5. The Hall–Kier alpha value is -0.570. The molecule has 0 bridgehead atoms. The van der Waals surface area contributed by atoms with Gasteiger partial charge < -0.3 is 10.4 Å². The third-order valence-electron chi connectivity index (χ3n) is 3.18. The van der Waals surface area contributed by atoms with Gasteiger partial charge in [0.1, 0.15) is 0 Å². The first-order valence-electron chi connectivity index (χ1n) is 6.83. The third-order valence-corrected chi connectivity index (χ3v) is 3.61. The molecule has 0 fully saturated rings. The highest BCUT2D eigenvalue weighted by atomic mass is 35.5. The number of halogens is 1. The molecule has 108 valence electrons. The molecule has 0 radical (unpaired) electrons. The van der Waals surface area contributed by atoms with Crippen molar-refractivity contribution in [1.82, 2.24) is 5.32 Å². The second-order valence-electron chi connectivity index (χ2n) is 6.62. The molecule has 0 aliphatic heterocycles. The molecule has 0 spiro atoms. The van der Waals surface area contributed by atoms with Gasteiger partial charge in [0.2, 0.25) is 0 Å². The monoisotopic (exact) mass is 283 g/mol. The quantitative estimate of drug-likeness (QED) is 0.872. The largest absolute Gasteiger partial charge is 0.387 e. The van der Waals surface area contributed by atoms with E-state index in [9.17, 15) is 5.11 Å². The summed E-state index contributed by atoms with van der Waals surface area (Å²) in [5.74, 6) is 0.338. The van der Waals surface area contributed by atoms with Crippen LogP contribution < -0.4 is 5.32 Å². The molecule has 0 amide bonds. The van der Waals surface area contributed by atoms with Crippen LogP contribution in [0.4, 0.5) is 0 Å². The maximum atomic E-state index is 10.6. The molecule has 0 heterocycles. The van der Waals surface area contributed by atoms with Gasteiger partial charge in [0.15, 0.2) is 0 Å². The van der Waals surface area contributed by atoms with Crippen LogP contribution in [0.5, 0.6) is 0 Å². The molecule has 0 aromatic heterocycles. The molecular formula is C16H26ClNO. The summed E-state index contributed by atoms with van der Waals surface area (Å²) >= 11 is 6.04. The molecule has 0 saturated carbocycles. The van der Waals surface area contributed by atoms with Crippen LogP contribution in [0.25, 0.3) is 0 Å². The Balaban J connectivity index is 2.99. The molecule has 0 aliphatic rings. The van der Waals surface area contributed by atoms with Gasteiger partial charge in [0.25, 0.3) is 0 Å². The zero-order chi connectivity index (χ0) is 14.8. The molecule has 2 nitrogen and oxygen atoms in total. The van der Waals surface area contributed by atoms with Crippen LogP contribution in [0, 0.1) is 12.8 Å². The third kappa shape index (κ3) is 4.79. The van der Waals surface area contributed by atoms with Crippen molar-refractivity contribution < 1.29 is 5.11 Å². The van der Waals surface area contributed by atoms with E-state index in [1.165, 1.54) is 0 Å². The lowest BCUT2D eigenvalue weighted by Crippen LogP contribution is -2.49. The molecule has 0 saturated heterocycles. The highest BCUT2D eigenvalue weighted by molar-refractivity contribution is 6.31. The first-order valence-corrected chi connectivity index (χ1v) is 7.21. The van der Waals surface area contributed by atoms with Gasteiger partial charge in [-0.15, -0.1) is 0 Å². The smallest absolute Gasteiger partial charge is 0.0945 e. The van der Waals surface area contributed by atoms with Crippen molar-refractivity contribution in [2.75, 3.05) is 0 Å². The zero-order valence-corrected chi connectivity index (χ0v) is 13.5. The van der Waals surface area contributed by atoms with E-state index >= 15 is 0 Å². The summed E-state index contributed by atoms with van der Waals surface area (Å²) in [6, 6.07) is 5.73. The fourth-order valence-corrected chi connectivity index (χ4v) is 2.29. The Morgan fingerprint density at radius 3 is 2.21 bits per heavy atom. The lowest BCUT2D eigenvalue weighted by molar-refractivity contribution is 0.0893. The number of aliphatic hydroxyl groups excluding tert-OH is 1. The summed E-state index contributed by atoms with van der Waals surface area (Å²) in [4.78, 5) is 0. The van der Waals surface area contributed by atoms with Gasteiger partial charge >= 0.3 is 0 Å². The standard InChI is InChI=1S/C16H26ClNO/c1-10(2)14(18-16(4,5)6)15(19)12-7-8-13(17)11(3)9-12/h7-10,14-15,18-19H,1-6H3. The van der Waals surface area contributed by atoms with Crippen molar-refractivity contribution in [3.8, 4) is 0 Å². The Morgan fingerprint density at radius 2 is 1.79 bits per heavy atom. The van der Waals surface area contributed by atoms with E-state index in [4.69, 9.17) is 11.6 Å². The van der Waals surface area contributed by atoms with Gasteiger partial charge in [-0.3, -0.25) is 0 Å². The predicted molar refractivity (Wildman–Crippen MR) is 82.7 cm³/mol. The lowest BCUT2D eigenvalue weighted by atomic mass is 9.90. The molecule has 2 atom stereocenters. The van der Waals surface area contributed by atoms with Crippen LogP contribution in [0.1, 0.15) is 51.8 Å². The van der Waals surface area contributed by atoms with Gasteiger partial charge in [-0.05, 0) is 50.8 Å². The van der Waals surface area contributed by atoms with E-state index < -0.39 is 6.10 Å². The average molecular weight is 284 g/mol. The lowest BCUT2D eigenvalue weighted by Gasteiger charge is -2.34. The maximum Gasteiger partial charge on any atom is 0.0945 e. The number of aryl methyl sites for hydroxylation is 1.